The number of anilines is 2. The highest BCUT2D eigenvalue weighted by molar-refractivity contribution is 7.49. The van der Waals surface area contributed by atoms with Crippen LogP contribution in [0.4, 0.5) is 11.8 Å². The van der Waals surface area contributed by atoms with Gasteiger partial charge in [0.15, 0.2) is 11.2 Å². The van der Waals surface area contributed by atoms with Gasteiger partial charge in [0, 0.05) is 40.6 Å². The smallest absolute Gasteiger partial charge is 0.404 e. The minimum atomic E-state index is -4.92. The van der Waals surface area contributed by atoms with E-state index in [1.54, 1.807) is 44.2 Å². The van der Waals surface area contributed by atoms with Crippen molar-refractivity contribution in [2.75, 3.05) is 30.5 Å². The summed E-state index contributed by atoms with van der Waals surface area (Å²) in [6.45, 7) is 1.49. The van der Waals surface area contributed by atoms with Gasteiger partial charge in [-0.25, -0.2) is 18.9 Å². The lowest BCUT2D eigenvalue weighted by molar-refractivity contribution is -0.118. The van der Waals surface area contributed by atoms with Crippen molar-refractivity contribution in [1.82, 2.24) is 29.1 Å². The predicted molar refractivity (Wildman–Crippen MR) is 260 cm³/mol. The summed E-state index contributed by atoms with van der Waals surface area (Å²) < 4.78 is 80.0. The molecule has 28 heteroatoms. The van der Waals surface area contributed by atoms with E-state index in [-0.39, 0.29) is 53.7 Å². The molecule has 0 bridgehead atoms. The molecular formula is C45H45Cl2N9O15P2. The number of aliphatic hydroxyl groups is 1. The number of nitrogens with one attached hydrogen (secondary N) is 3. The number of amides is 2. The number of phosphoric acid groups is 2. The largest absolute Gasteiger partial charge is 0.530 e. The van der Waals surface area contributed by atoms with Crippen LogP contribution in [0.3, 0.4) is 0 Å². The number of nitrogens with zero attached hydrogens (tertiary/aromatic N) is 6. The maximum absolute atomic E-state index is 15.0. The van der Waals surface area contributed by atoms with Crippen molar-refractivity contribution in [2.45, 2.75) is 70.0 Å². The lowest BCUT2D eigenvalue weighted by Gasteiger charge is -2.27. The minimum Gasteiger partial charge on any atom is -0.404 e. The highest BCUT2D eigenvalue weighted by Gasteiger charge is 2.48. The Balaban J connectivity index is 1.08. The van der Waals surface area contributed by atoms with Crippen LogP contribution in [0.2, 0.25) is 10.0 Å². The number of carbonyl (C=O) groups excluding carboxylic acids is 2. The van der Waals surface area contributed by atoms with Gasteiger partial charge in [0.2, 0.25) is 11.9 Å². The SMILES string of the molecule is CC(C)C(=O)Nc1nc2c(ncn2C2CC(OP(=O)(OCCC#N)Oc3ccc(Cl)cc3)C(COP(=O)(Oc3ccc(Cl)cc3)OC3CC(n4ccc(NC(=O)c5ccccc5)nc4=O)OC3CO)O2)c(=O)[nH]1. The molecule has 0 radical (unpaired) electrons. The molecule has 3 aromatic carbocycles. The van der Waals surface area contributed by atoms with E-state index < -0.39 is 101 Å². The van der Waals surface area contributed by atoms with E-state index in [4.69, 9.17) is 59.8 Å². The van der Waals surface area contributed by atoms with Gasteiger partial charge >= 0.3 is 21.3 Å². The average molecular weight is 1080 g/mol. The number of carbonyl (C=O) groups is 2. The summed E-state index contributed by atoms with van der Waals surface area (Å²) in [5.74, 6) is -1.65. The average Bonchev–Trinajstić information content (AvgIpc) is 4.09. The number of halogens is 2. The molecule has 5 heterocycles. The van der Waals surface area contributed by atoms with Gasteiger partial charge in [-0.15, -0.1) is 0 Å². The van der Waals surface area contributed by atoms with Gasteiger partial charge < -0.3 is 28.9 Å². The second-order valence-electron chi connectivity index (χ2n) is 16.4. The van der Waals surface area contributed by atoms with Gasteiger partial charge in [0.05, 0.1) is 38.6 Å². The number of benzene rings is 3. The van der Waals surface area contributed by atoms with Gasteiger partial charge in [-0.3, -0.25) is 51.9 Å². The Labute approximate surface area is 424 Å². The Morgan fingerprint density at radius 3 is 2.05 bits per heavy atom. The molecule has 2 amide bonds. The predicted octanol–water partition coefficient (Wildman–Crippen LogP) is 7.19. The van der Waals surface area contributed by atoms with Crippen LogP contribution in [-0.2, 0) is 41.5 Å². The number of aromatic amines is 1. The first-order valence-electron chi connectivity index (χ1n) is 22.3. The molecule has 2 saturated heterocycles. The standard InChI is InChI=1S/C45H45Cl2N9O15P2/c1-26(2)41(58)53-44-52-40-39(43(60)54-44)49-25-56(40)38-22-33(71-72(62,64-20-6-18-48)68-30-13-9-28(46)10-14-30)35(67-38)24-65-73(63,69-31-15-11-29(47)12-16-31)70-32-21-37(66-34(32)23-57)55-19-17-36(51-45(55)61)50-42(59)27-7-4-3-5-8-27/h3-5,7-17,19,25-26,32-35,37-38,57H,6,20-24H2,1-2H3,(H,50,51,59,61)(H2,52,53,54,58,60). The fourth-order valence-electron chi connectivity index (χ4n) is 7.32. The van der Waals surface area contributed by atoms with E-state index in [1.165, 1.54) is 71.7 Å². The molecule has 0 saturated carbocycles. The van der Waals surface area contributed by atoms with Crippen LogP contribution in [0.15, 0.2) is 107 Å². The molecule has 8 rings (SSSR count). The maximum Gasteiger partial charge on any atom is 0.530 e. The zero-order chi connectivity index (χ0) is 51.9. The van der Waals surface area contributed by atoms with Crippen molar-refractivity contribution in [3.63, 3.8) is 0 Å². The van der Waals surface area contributed by atoms with Crippen LogP contribution in [0, 0.1) is 17.2 Å². The maximum atomic E-state index is 15.0. The molecular weight excluding hydrogens is 1040 g/mol. The van der Waals surface area contributed by atoms with Crippen LogP contribution in [0.1, 0.15) is 55.9 Å². The molecule has 0 aliphatic carbocycles. The zero-order valence-electron chi connectivity index (χ0n) is 38.5. The number of imidazole rings is 1. The first-order valence-corrected chi connectivity index (χ1v) is 26.0. The van der Waals surface area contributed by atoms with Crippen molar-refractivity contribution in [3.05, 3.63) is 134 Å². The number of aliphatic hydroxyl groups excluding tert-OH is 1. The van der Waals surface area contributed by atoms with E-state index in [2.05, 4.69) is 30.6 Å². The quantitative estimate of drug-likeness (QED) is 0.0409. The third-order valence-corrected chi connectivity index (χ3v) is 14.3. The molecule has 24 nitrogen and oxygen atoms in total. The van der Waals surface area contributed by atoms with Crippen LogP contribution >= 0.6 is 38.8 Å². The van der Waals surface area contributed by atoms with Crippen molar-refractivity contribution < 1.29 is 60.4 Å². The third kappa shape index (κ3) is 13.3. The Bertz CT molecular complexity index is 3200. The molecule has 2 aliphatic heterocycles. The summed E-state index contributed by atoms with van der Waals surface area (Å²) in [7, 11) is -9.63. The van der Waals surface area contributed by atoms with E-state index in [9.17, 15) is 34.1 Å². The van der Waals surface area contributed by atoms with E-state index in [0.717, 1.165) is 4.57 Å². The Hall–Kier alpha value is -6.32. The number of rotatable bonds is 21. The Morgan fingerprint density at radius 1 is 0.849 bits per heavy atom. The number of aromatic nitrogens is 6. The second-order valence-corrected chi connectivity index (χ2v) is 20.4. The summed E-state index contributed by atoms with van der Waals surface area (Å²) in [4.78, 5) is 66.9. The number of hydrogen-bond donors (Lipinski definition) is 4. The molecule has 6 aromatic rings. The number of hydrogen-bond acceptors (Lipinski definition) is 19. The Kier molecular flexibility index (Phi) is 16.9. The topological polar surface area (TPSA) is 309 Å². The van der Waals surface area contributed by atoms with E-state index in [1.807, 2.05) is 6.07 Å². The molecule has 0 spiro atoms. The summed E-state index contributed by atoms with van der Waals surface area (Å²) in [5, 5.41) is 25.5. The molecule has 384 valence electrons. The third-order valence-electron chi connectivity index (χ3n) is 10.9. The van der Waals surface area contributed by atoms with Crippen molar-refractivity contribution in [1.29, 1.82) is 5.26 Å². The van der Waals surface area contributed by atoms with Gasteiger partial charge in [-0.05, 0) is 66.7 Å². The molecule has 4 N–H and O–H groups in total. The summed E-state index contributed by atoms with van der Waals surface area (Å²) in [6.07, 6.45) is -5.58. The van der Waals surface area contributed by atoms with Crippen LogP contribution in [-0.4, -0.2) is 90.2 Å². The number of nitriles is 1. The highest BCUT2D eigenvalue weighted by atomic mass is 35.5. The monoisotopic (exact) mass is 1080 g/mol. The fourth-order valence-corrected chi connectivity index (χ4v) is 10.4. The summed E-state index contributed by atoms with van der Waals surface area (Å²) in [6, 6.07) is 23.0. The normalized spacial score (nSPS) is 21.3. The number of fused-ring (bicyclic) bond motifs is 1. The summed E-state index contributed by atoms with van der Waals surface area (Å²) in [5.41, 5.74) is -1.36. The van der Waals surface area contributed by atoms with Crippen molar-refractivity contribution in [3.8, 4) is 17.6 Å². The Morgan fingerprint density at radius 2 is 1.45 bits per heavy atom. The molecule has 3 aromatic heterocycles. The van der Waals surface area contributed by atoms with Crippen LogP contribution in [0.25, 0.3) is 11.2 Å². The second kappa shape index (κ2) is 23.3. The lowest BCUT2D eigenvalue weighted by Crippen LogP contribution is -2.31. The number of phosphoric ester groups is 2. The van der Waals surface area contributed by atoms with E-state index >= 15 is 4.57 Å². The van der Waals surface area contributed by atoms with Crippen molar-refractivity contribution >= 4 is 73.6 Å². The first-order chi connectivity index (χ1) is 35.0. The van der Waals surface area contributed by atoms with Gasteiger partial charge in [-0.1, -0.05) is 55.2 Å². The zero-order valence-corrected chi connectivity index (χ0v) is 41.8. The number of H-pyrrole nitrogens is 1. The molecule has 8 unspecified atom stereocenters. The van der Waals surface area contributed by atoms with Gasteiger partial charge in [0.1, 0.15) is 54.2 Å². The molecule has 8 atom stereocenters. The number of ether oxygens (including phenoxy) is 2. The van der Waals surface area contributed by atoms with Gasteiger partial charge in [0.25, 0.3) is 11.5 Å². The van der Waals surface area contributed by atoms with Crippen LogP contribution < -0.4 is 30.9 Å². The van der Waals surface area contributed by atoms with Crippen molar-refractivity contribution in [2.24, 2.45) is 5.92 Å². The first kappa shape index (κ1) is 53.0. The molecule has 2 fully saturated rings. The molecule has 2 aliphatic rings. The highest BCUT2D eigenvalue weighted by Crippen LogP contribution is 2.56. The molecule has 73 heavy (non-hydrogen) atoms. The van der Waals surface area contributed by atoms with E-state index in [0.29, 0.717) is 15.6 Å². The summed E-state index contributed by atoms with van der Waals surface area (Å²) >= 11 is 12.2. The fraction of sp³-hybridized carbons (Fsp3) is 0.333. The minimum absolute atomic E-state index is 0.0153. The lowest BCUT2D eigenvalue weighted by atomic mass is 10.2. The van der Waals surface area contributed by atoms with Crippen LogP contribution in [0.5, 0.6) is 11.5 Å². The van der Waals surface area contributed by atoms with Gasteiger partial charge in [-0.2, -0.15) is 15.2 Å².